The van der Waals surface area contributed by atoms with Crippen molar-refractivity contribution in [2.45, 2.75) is 0 Å². The molecule has 0 aliphatic carbocycles. The van der Waals surface area contributed by atoms with Gasteiger partial charge in [-0.1, -0.05) is 6.07 Å². The molecule has 0 radical (unpaired) electrons. The van der Waals surface area contributed by atoms with E-state index in [0.29, 0.717) is 11.6 Å². The molecule has 0 N–H and O–H groups in total. The molecule has 2 aromatic carbocycles. The van der Waals surface area contributed by atoms with Crippen molar-refractivity contribution in [3.8, 4) is 22.9 Å². The third-order valence-electron chi connectivity index (χ3n) is 4.19. The van der Waals surface area contributed by atoms with E-state index in [1.165, 1.54) is 6.33 Å². The van der Waals surface area contributed by atoms with Gasteiger partial charge < -0.3 is 9.15 Å². The molecule has 0 atom stereocenters. The second kappa shape index (κ2) is 5.97. The average molecular weight is 339 g/mol. The topological polar surface area (TPSA) is 61.0 Å². The van der Waals surface area contributed by atoms with Crippen molar-refractivity contribution >= 4 is 21.9 Å². The van der Waals surface area contributed by atoms with Gasteiger partial charge in [0.15, 0.2) is 0 Å². The maximum Gasteiger partial charge on any atom is 0.222 e. The summed E-state index contributed by atoms with van der Waals surface area (Å²) in [6.45, 7) is 0. The number of aromatic nitrogens is 3. The van der Waals surface area contributed by atoms with Gasteiger partial charge in [-0.25, -0.2) is 9.97 Å². The molecule has 0 bridgehead atoms. The van der Waals surface area contributed by atoms with Gasteiger partial charge in [-0.15, -0.1) is 0 Å². The van der Waals surface area contributed by atoms with Crippen molar-refractivity contribution in [3.63, 3.8) is 0 Å². The number of nitrogens with zero attached hydrogens (tertiary/aromatic N) is 3. The Labute approximate surface area is 148 Å². The Hall–Kier alpha value is -3.73. The van der Waals surface area contributed by atoms with Crippen molar-refractivity contribution in [1.29, 1.82) is 0 Å². The number of fused-ring (bicyclic) bond motifs is 2. The third kappa shape index (κ3) is 2.65. The summed E-state index contributed by atoms with van der Waals surface area (Å²) in [5.41, 5.74) is 3.50. The lowest BCUT2D eigenvalue weighted by Crippen LogP contribution is -1.91. The lowest BCUT2D eigenvalue weighted by Gasteiger charge is -2.07. The molecule has 5 nitrogen and oxygen atoms in total. The largest absolute Gasteiger partial charge is 0.464 e. The molecule has 26 heavy (non-hydrogen) atoms. The van der Waals surface area contributed by atoms with Crippen LogP contribution < -0.4 is 4.74 Å². The Morgan fingerprint density at radius 2 is 1.81 bits per heavy atom. The summed E-state index contributed by atoms with van der Waals surface area (Å²) in [6.07, 6.45) is 4.95. The van der Waals surface area contributed by atoms with Gasteiger partial charge in [0, 0.05) is 34.7 Å². The van der Waals surface area contributed by atoms with Crippen molar-refractivity contribution in [1.82, 2.24) is 15.0 Å². The van der Waals surface area contributed by atoms with Crippen LogP contribution in [-0.2, 0) is 0 Å². The van der Waals surface area contributed by atoms with Gasteiger partial charge in [-0.3, -0.25) is 4.98 Å². The minimum absolute atomic E-state index is 0.484. The van der Waals surface area contributed by atoms with E-state index in [9.17, 15) is 0 Å². The second-order valence-corrected chi connectivity index (χ2v) is 5.87. The second-order valence-electron chi connectivity index (χ2n) is 5.87. The summed E-state index contributed by atoms with van der Waals surface area (Å²) in [5.74, 6) is 1.17. The molecule has 0 unspecified atom stereocenters. The molecule has 0 aliphatic heterocycles. The Kier molecular flexibility index (Phi) is 3.35. The first-order valence-electron chi connectivity index (χ1n) is 8.17. The maximum absolute atomic E-state index is 5.91. The molecule has 0 saturated heterocycles. The molecule has 0 amide bonds. The quantitative estimate of drug-likeness (QED) is 0.450. The van der Waals surface area contributed by atoms with Crippen LogP contribution in [0.4, 0.5) is 0 Å². The zero-order chi connectivity index (χ0) is 17.3. The summed E-state index contributed by atoms with van der Waals surface area (Å²) in [7, 11) is 0. The fourth-order valence-electron chi connectivity index (χ4n) is 2.91. The molecular formula is C21H13N3O2. The van der Waals surface area contributed by atoms with E-state index in [1.807, 2.05) is 60.7 Å². The molecule has 3 aromatic heterocycles. The van der Waals surface area contributed by atoms with Gasteiger partial charge >= 0.3 is 0 Å². The fourth-order valence-corrected chi connectivity index (χ4v) is 2.91. The third-order valence-corrected chi connectivity index (χ3v) is 4.19. The number of hydrogen-bond donors (Lipinski definition) is 0. The Balaban J connectivity index is 1.48. The summed E-state index contributed by atoms with van der Waals surface area (Å²) in [4.78, 5) is 12.9. The normalized spacial score (nSPS) is 11.1. The Bertz CT molecular complexity index is 1230. The predicted octanol–water partition coefficient (Wildman–Crippen LogP) is 5.23. The van der Waals surface area contributed by atoms with E-state index in [4.69, 9.17) is 9.15 Å². The molecule has 5 rings (SSSR count). The highest BCUT2D eigenvalue weighted by Crippen LogP contribution is 2.28. The molecular weight excluding hydrogens is 326 g/mol. The number of benzene rings is 2. The standard InChI is InChI=1S/C21H13N3O2/c1-2-14-3-5-17(11-18(14)22-8-1)26-21-12-19(23-13-24-21)15-4-6-20-16(10-15)7-9-25-20/h1-13H. The smallest absolute Gasteiger partial charge is 0.222 e. The first kappa shape index (κ1) is 14.6. The van der Waals surface area contributed by atoms with Gasteiger partial charge in [0.05, 0.1) is 17.5 Å². The van der Waals surface area contributed by atoms with Crippen LogP contribution in [0.5, 0.6) is 11.6 Å². The summed E-state index contributed by atoms with van der Waals surface area (Å²) in [5, 5.41) is 2.10. The van der Waals surface area contributed by atoms with Crippen LogP contribution >= 0.6 is 0 Å². The SMILES string of the molecule is c1cnc2cc(Oc3cc(-c4ccc5occc5c4)ncn3)ccc2c1. The lowest BCUT2D eigenvalue weighted by molar-refractivity contribution is 0.462. The molecule has 0 spiro atoms. The molecule has 3 heterocycles. The number of pyridine rings is 1. The number of furan rings is 1. The lowest BCUT2D eigenvalue weighted by atomic mass is 10.1. The zero-order valence-electron chi connectivity index (χ0n) is 13.7. The highest BCUT2D eigenvalue weighted by Gasteiger charge is 2.07. The van der Waals surface area contributed by atoms with Crippen LogP contribution in [0.1, 0.15) is 0 Å². The van der Waals surface area contributed by atoms with Crippen LogP contribution in [0.3, 0.4) is 0 Å². The molecule has 0 fully saturated rings. The van der Waals surface area contributed by atoms with E-state index < -0.39 is 0 Å². The molecule has 5 heteroatoms. The van der Waals surface area contributed by atoms with E-state index in [-0.39, 0.29) is 0 Å². The van der Waals surface area contributed by atoms with Gasteiger partial charge in [-0.2, -0.15) is 0 Å². The Morgan fingerprint density at radius 1 is 0.808 bits per heavy atom. The van der Waals surface area contributed by atoms with E-state index in [1.54, 1.807) is 12.5 Å². The highest BCUT2D eigenvalue weighted by molar-refractivity contribution is 5.83. The van der Waals surface area contributed by atoms with Crippen molar-refractivity contribution < 1.29 is 9.15 Å². The predicted molar refractivity (Wildman–Crippen MR) is 99.1 cm³/mol. The monoisotopic (exact) mass is 339 g/mol. The summed E-state index contributed by atoms with van der Waals surface area (Å²) >= 11 is 0. The van der Waals surface area contributed by atoms with E-state index >= 15 is 0 Å². The van der Waals surface area contributed by atoms with Crippen molar-refractivity contribution in [3.05, 3.63) is 79.5 Å². The van der Waals surface area contributed by atoms with Crippen LogP contribution in [-0.4, -0.2) is 15.0 Å². The minimum Gasteiger partial charge on any atom is -0.464 e. The van der Waals surface area contributed by atoms with Crippen LogP contribution in [0.2, 0.25) is 0 Å². The van der Waals surface area contributed by atoms with Crippen molar-refractivity contribution in [2.24, 2.45) is 0 Å². The number of rotatable bonds is 3. The van der Waals surface area contributed by atoms with Gasteiger partial charge in [0.25, 0.3) is 0 Å². The van der Waals surface area contributed by atoms with Crippen LogP contribution in [0.15, 0.2) is 83.9 Å². The summed E-state index contributed by atoms with van der Waals surface area (Å²) in [6, 6.07) is 19.4. The average Bonchev–Trinajstić information content (AvgIpc) is 3.16. The van der Waals surface area contributed by atoms with Crippen LogP contribution in [0.25, 0.3) is 33.1 Å². The Morgan fingerprint density at radius 3 is 2.81 bits per heavy atom. The van der Waals surface area contributed by atoms with E-state index in [0.717, 1.165) is 33.1 Å². The molecule has 124 valence electrons. The van der Waals surface area contributed by atoms with Gasteiger partial charge in [0.2, 0.25) is 5.88 Å². The summed E-state index contributed by atoms with van der Waals surface area (Å²) < 4.78 is 11.3. The number of ether oxygens (including phenoxy) is 1. The number of hydrogen-bond acceptors (Lipinski definition) is 5. The maximum atomic E-state index is 5.91. The molecule has 5 aromatic rings. The minimum atomic E-state index is 0.484. The first-order valence-corrected chi connectivity index (χ1v) is 8.17. The zero-order valence-corrected chi connectivity index (χ0v) is 13.7. The highest BCUT2D eigenvalue weighted by atomic mass is 16.5. The fraction of sp³-hybridized carbons (Fsp3) is 0. The van der Waals surface area contributed by atoms with Gasteiger partial charge in [0.1, 0.15) is 17.7 Å². The van der Waals surface area contributed by atoms with Gasteiger partial charge in [-0.05, 0) is 42.5 Å². The van der Waals surface area contributed by atoms with E-state index in [2.05, 4.69) is 15.0 Å². The molecule has 0 aliphatic rings. The molecule has 0 saturated carbocycles. The van der Waals surface area contributed by atoms with Crippen LogP contribution in [0, 0.1) is 0 Å². The van der Waals surface area contributed by atoms with Crippen molar-refractivity contribution in [2.75, 3.05) is 0 Å². The first-order chi connectivity index (χ1) is 12.8.